The van der Waals surface area contributed by atoms with Gasteiger partial charge in [0.15, 0.2) is 5.82 Å². The second kappa shape index (κ2) is 7.82. The molecule has 0 spiro atoms. The Morgan fingerprint density at radius 1 is 1.47 bits per heavy atom. The number of nitrogens with zero attached hydrogens (tertiary/aromatic N) is 3. The quantitative estimate of drug-likeness (QED) is 0.897. The van der Waals surface area contributed by atoms with Crippen molar-refractivity contribution in [1.29, 1.82) is 0 Å². The predicted octanol–water partition coefficient (Wildman–Crippen LogP) is 2.00. The fourth-order valence-electron chi connectivity index (χ4n) is 2.61. The standard InChI is InChI=1S/C13H24N4O.ClH/c1-3-4-13-15-12(16-18-13)9-17-6-5-10(2)7-11(17)8-14;/h10-11H,3-9,14H2,1-2H3;1H. The summed E-state index contributed by atoms with van der Waals surface area (Å²) in [6.45, 7) is 6.97. The van der Waals surface area contributed by atoms with Crippen LogP contribution in [0.5, 0.6) is 0 Å². The molecule has 1 aliphatic rings. The summed E-state index contributed by atoms with van der Waals surface area (Å²) in [5.41, 5.74) is 5.86. The van der Waals surface area contributed by atoms with Crippen LogP contribution in [0.2, 0.25) is 0 Å². The number of hydrogen-bond acceptors (Lipinski definition) is 5. The SMILES string of the molecule is CCCc1nc(CN2CCC(C)CC2CN)no1.Cl. The normalized spacial score (nSPS) is 24.2. The lowest BCUT2D eigenvalue weighted by Crippen LogP contribution is -2.45. The zero-order valence-electron chi connectivity index (χ0n) is 11.8. The van der Waals surface area contributed by atoms with E-state index in [1.54, 1.807) is 0 Å². The molecule has 0 radical (unpaired) electrons. The Morgan fingerprint density at radius 2 is 2.26 bits per heavy atom. The van der Waals surface area contributed by atoms with Gasteiger partial charge < -0.3 is 10.3 Å². The van der Waals surface area contributed by atoms with Crippen molar-refractivity contribution in [1.82, 2.24) is 15.0 Å². The number of halogens is 1. The van der Waals surface area contributed by atoms with Crippen LogP contribution in [0, 0.1) is 5.92 Å². The Morgan fingerprint density at radius 3 is 2.95 bits per heavy atom. The number of piperidine rings is 1. The lowest BCUT2D eigenvalue weighted by Gasteiger charge is -2.37. The summed E-state index contributed by atoms with van der Waals surface area (Å²) in [4.78, 5) is 6.81. The lowest BCUT2D eigenvalue weighted by atomic mass is 9.92. The molecule has 0 saturated carbocycles. The number of aromatic nitrogens is 2. The van der Waals surface area contributed by atoms with E-state index in [0.717, 1.165) is 43.6 Å². The van der Waals surface area contributed by atoms with Crippen molar-refractivity contribution < 1.29 is 4.52 Å². The van der Waals surface area contributed by atoms with E-state index in [2.05, 4.69) is 28.9 Å². The molecule has 0 aromatic carbocycles. The number of aryl methyl sites for hydroxylation is 1. The Labute approximate surface area is 121 Å². The molecule has 6 heteroatoms. The van der Waals surface area contributed by atoms with Crippen LogP contribution in [0.4, 0.5) is 0 Å². The van der Waals surface area contributed by atoms with Crippen molar-refractivity contribution in [3.05, 3.63) is 11.7 Å². The van der Waals surface area contributed by atoms with E-state index in [-0.39, 0.29) is 12.4 Å². The zero-order valence-corrected chi connectivity index (χ0v) is 12.7. The molecule has 2 rings (SSSR count). The van der Waals surface area contributed by atoms with Crippen molar-refractivity contribution in [2.75, 3.05) is 13.1 Å². The zero-order chi connectivity index (χ0) is 13.0. The van der Waals surface area contributed by atoms with Gasteiger partial charge in [-0.25, -0.2) is 0 Å². The van der Waals surface area contributed by atoms with Crippen LogP contribution in [-0.2, 0) is 13.0 Å². The van der Waals surface area contributed by atoms with Gasteiger partial charge in [-0.05, 0) is 31.7 Å². The van der Waals surface area contributed by atoms with Gasteiger partial charge in [0.05, 0.1) is 6.54 Å². The van der Waals surface area contributed by atoms with Crippen LogP contribution in [0.3, 0.4) is 0 Å². The summed E-state index contributed by atoms with van der Waals surface area (Å²) in [5.74, 6) is 2.32. The minimum Gasteiger partial charge on any atom is -0.339 e. The lowest BCUT2D eigenvalue weighted by molar-refractivity contribution is 0.111. The maximum atomic E-state index is 5.86. The second-order valence-corrected chi connectivity index (χ2v) is 5.34. The van der Waals surface area contributed by atoms with Crippen molar-refractivity contribution in [3.63, 3.8) is 0 Å². The highest BCUT2D eigenvalue weighted by Gasteiger charge is 2.26. The largest absolute Gasteiger partial charge is 0.339 e. The average Bonchev–Trinajstić information content (AvgIpc) is 2.79. The molecule has 1 fully saturated rings. The van der Waals surface area contributed by atoms with Gasteiger partial charge in [0, 0.05) is 19.0 Å². The summed E-state index contributed by atoms with van der Waals surface area (Å²) in [7, 11) is 0. The van der Waals surface area contributed by atoms with Crippen molar-refractivity contribution >= 4 is 12.4 Å². The molecule has 2 unspecified atom stereocenters. The van der Waals surface area contributed by atoms with Gasteiger partial charge >= 0.3 is 0 Å². The Balaban J connectivity index is 0.00000180. The van der Waals surface area contributed by atoms with Crippen LogP contribution in [0.15, 0.2) is 4.52 Å². The van der Waals surface area contributed by atoms with Gasteiger partial charge in [-0.3, -0.25) is 4.90 Å². The third-order valence-corrected chi connectivity index (χ3v) is 3.69. The summed E-state index contributed by atoms with van der Waals surface area (Å²) >= 11 is 0. The number of hydrogen-bond donors (Lipinski definition) is 1. The van der Waals surface area contributed by atoms with Gasteiger partial charge in [-0.2, -0.15) is 4.98 Å². The first-order chi connectivity index (χ1) is 8.72. The molecule has 0 aliphatic carbocycles. The fraction of sp³-hybridized carbons (Fsp3) is 0.846. The highest BCUT2D eigenvalue weighted by Crippen LogP contribution is 2.23. The molecule has 2 N–H and O–H groups in total. The number of likely N-dealkylation sites (tertiary alicyclic amines) is 1. The smallest absolute Gasteiger partial charge is 0.226 e. The summed E-state index contributed by atoms with van der Waals surface area (Å²) < 4.78 is 5.22. The predicted molar refractivity (Wildman–Crippen MR) is 77.2 cm³/mol. The minimum absolute atomic E-state index is 0. The van der Waals surface area contributed by atoms with Crippen LogP contribution < -0.4 is 5.73 Å². The first kappa shape index (κ1) is 16.4. The van der Waals surface area contributed by atoms with E-state index < -0.39 is 0 Å². The maximum absolute atomic E-state index is 5.86. The maximum Gasteiger partial charge on any atom is 0.226 e. The average molecular weight is 289 g/mol. The highest BCUT2D eigenvalue weighted by molar-refractivity contribution is 5.85. The van der Waals surface area contributed by atoms with E-state index in [9.17, 15) is 0 Å². The van der Waals surface area contributed by atoms with E-state index in [0.29, 0.717) is 12.6 Å². The molecule has 0 bridgehead atoms. The van der Waals surface area contributed by atoms with Crippen LogP contribution in [0.25, 0.3) is 0 Å². The van der Waals surface area contributed by atoms with E-state index >= 15 is 0 Å². The van der Waals surface area contributed by atoms with Gasteiger partial charge in [-0.1, -0.05) is 19.0 Å². The number of rotatable bonds is 5. The van der Waals surface area contributed by atoms with Gasteiger partial charge in [0.2, 0.25) is 5.89 Å². The Kier molecular flexibility index (Phi) is 6.75. The van der Waals surface area contributed by atoms with Gasteiger partial charge in [0.25, 0.3) is 0 Å². The Hall–Kier alpha value is -0.650. The van der Waals surface area contributed by atoms with Crippen LogP contribution in [0.1, 0.15) is 44.8 Å². The first-order valence-electron chi connectivity index (χ1n) is 6.98. The molecular weight excluding hydrogens is 264 g/mol. The molecule has 2 heterocycles. The highest BCUT2D eigenvalue weighted by atomic mass is 35.5. The van der Waals surface area contributed by atoms with E-state index in [4.69, 9.17) is 10.3 Å². The number of nitrogens with two attached hydrogens (primary N) is 1. The molecule has 1 aromatic rings. The topological polar surface area (TPSA) is 68.2 Å². The third kappa shape index (κ3) is 4.44. The summed E-state index contributed by atoms with van der Waals surface area (Å²) in [6.07, 6.45) is 4.31. The van der Waals surface area contributed by atoms with Crippen molar-refractivity contribution in [2.45, 2.75) is 52.1 Å². The van der Waals surface area contributed by atoms with Crippen molar-refractivity contribution in [3.8, 4) is 0 Å². The summed E-state index contributed by atoms with van der Waals surface area (Å²) in [6, 6.07) is 0.460. The van der Waals surface area contributed by atoms with E-state index in [1.165, 1.54) is 12.8 Å². The molecule has 1 aliphatic heterocycles. The molecule has 1 aromatic heterocycles. The van der Waals surface area contributed by atoms with Crippen molar-refractivity contribution in [2.24, 2.45) is 11.7 Å². The van der Waals surface area contributed by atoms with Crippen LogP contribution in [-0.4, -0.2) is 34.2 Å². The Bertz CT molecular complexity index is 371. The van der Waals surface area contributed by atoms with Gasteiger partial charge in [-0.15, -0.1) is 12.4 Å². The van der Waals surface area contributed by atoms with Crippen LogP contribution >= 0.6 is 12.4 Å². The molecule has 5 nitrogen and oxygen atoms in total. The molecule has 2 atom stereocenters. The fourth-order valence-corrected chi connectivity index (χ4v) is 2.61. The van der Waals surface area contributed by atoms with E-state index in [1.807, 2.05) is 0 Å². The van der Waals surface area contributed by atoms with Gasteiger partial charge in [0.1, 0.15) is 0 Å². The molecule has 0 amide bonds. The molecule has 1 saturated heterocycles. The summed E-state index contributed by atoms with van der Waals surface area (Å²) in [5, 5.41) is 4.05. The first-order valence-corrected chi connectivity index (χ1v) is 6.98. The monoisotopic (exact) mass is 288 g/mol. The third-order valence-electron chi connectivity index (χ3n) is 3.69. The second-order valence-electron chi connectivity index (χ2n) is 5.34. The molecular formula is C13H25ClN4O. The molecule has 110 valence electrons. The molecule has 19 heavy (non-hydrogen) atoms. The minimum atomic E-state index is 0.